The zero-order valence-electron chi connectivity index (χ0n) is 10.6. The Bertz CT molecular complexity index is 356. The van der Waals surface area contributed by atoms with Gasteiger partial charge in [0, 0.05) is 37.1 Å². The van der Waals surface area contributed by atoms with E-state index in [1.165, 1.54) is 0 Å². The van der Waals surface area contributed by atoms with Crippen LogP contribution in [0.1, 0.15) is 27.7 Å². The van der Waals surface area contributed by atoms with Crippen LogP contribution in [0.5, 0.6) is 0 Å². The maximum absolute atomic E-state index is 11.5. The Hall–Kier alpha value is -1.01. The number of hydrogen-bond donors (Lipinski definition) is 0. The highest BCUT2D eigenvalue weighted by Crippen LogP contribution is 2.42. The SMILES string of the molecule is CC#CC(=O)N1CC2(C1)CN(C(C)(C)C)C2. The van der Waals surface area contributed by atoms with Gasteiger partial charge in [0.2, 0.25) is 0 Å². The number of carbonyl (C=O) groups excluding carboxylic acids is 1. The molecule has 0 bridgehead atoms. The predicted molar refractivity (Wildman–Crippen MR) is 63.8 cm³/mol. The molecule has 1 spiro atoms. The van der Waals surface area contributed by atoms with Crippen LogP contribution in [0.3, 0.4) is 0 Å². The van der Waals surface area contributed by atoms with Gasteiger partial charge in [-0.05, 0) is 33.6 Å². The van der Waals surface area contributed by atoms with Gasteiger partial charge in [0.15, 0.2) is 0 Å². The Kier molecular flexibility index (Phi) is 2.51. The second-order valence-electron chi connectivity index (χ2n) is 6.06. The fourth-order valence-corrected chi connectivity index (χ4v) is 2.53. The molecule has 0 unspecified atom stereocenters. The average Bonchev–Trinajstić information content (AvgIpc) is 1.96. The van der Waals surface area contributed by atoms with Crippen molar-refractivity contribution >= 4 is 5.91 Å². The number of carbonyl (C=O) groups is 1. The molecule has 0 radical (unpaired) electrons. The zero-order chi connectivity index (χ0) is 12.0. The molecule has 0 aliphatic carbocycles. The highest BCUT2D eigenvalue weighted by atomic mass is 16.2. The van der Waals surface area contributed by atoms with Crippen molar-refractivity contribution in [2.75, 3.05) is 26.2 Å². The van der Waals surface area contributed by atoms with Gasteiger partial charge in [0.05, 0.1) is 0 Å². The molecule has 3 nitrogen and oxygen atoms in total. The summed E-state index contributed by atoms with van der Waals surface area (Å²) in [5, 5.41) is 0. The van der Waals surface area contributed by atoms with E-state index in [0.717, 1.165) is 26.2 Å². The first-order chi connectivity index (χ1) is 7.36. The summed E-state index contributed by atoms with van der Waals surface area (Å²) in [6.07, 6.45) is 0. The minimum Gasteiger partial charge on any atom is -0.330 e. The van der Waals surface area contributed by atoms with E-state index in [4.69, 9.17) is 0 Å². The lowest BCUT2D eigenvalue weighted by atomic mass is 9.71. The number of rotatable bonds is 0. The van der Waals surface area contributed by atoms with E-state index in [1.54, 1.807) is 6.92 Å². The maximum atomic E-state index is 11.5. The van der Waals surface area contributed by atoms with Crippen molar-refractivity contribution in [1.82, 2.24) is 9.80 Å². The quantitative estimate of drug-likeness (QED) is 0.568. The van der Waals surface area contributed by atoms with Gasteiger partial charge >= 0.3 is 0 Å². The largest absolute Gasteiger partial charge is 0.330 e. The molecule has 16 heavy (non-hydrogen) atoms. The second kappa shape index (κ2) is 3.49. The van der Waals surface area contributed by atoms with E-state index in [2.05, 4.69) is 37.5 Å². The lowest BCUT2D eigenvalue weighted by Gasteiger charge is -2.63. The highest BCUT2D eigenvalue weighted by molar-refractivity contribution is 5.94. The number of likely N-dealkylation sites (tertiary alicyclic amines) is 2. The van der Waals surface area contributed by atoms with Crippen LogP contribution >= 0.6 is 0 Å². The van der Waals surface area contributed by atoms with Crippen LogP contribution in [0.2, 0.25) is 0 Å². The summed E-state index contributed by atoms with van der Waals surface area (Å²) < 4.78 is 0. The summed E-state index contributed by atoms with van der Waals surface area (Å²) in [7, 11) is 0. The molecule has 2 heterocycles. The molecule has 0 saturated carbocycles. The standard InChI is InChI=1S/C13H20N2O/c1-5-6-11(16)14-7-13(8-14)9-15(10-13)12(2,3)4/h7-10H2,1-4H3. The van der Waals surface area contributed by atoms with Crippen LogP contribution in [-0.4, -0.2) is 47.4 Å². The molecular weight excluding hydrogens is 200 g/mol. The Morgan fingerprint density at radius 2 is 1.75 bits per heavy atom. The Balaban J connectivity index is 1.82. The van der Waals surface area contributed by atoms with Gasteiger partial charge in [-0.1, -0.05) is 5.92 Å². The first-order valence-corrected chi connectivity index (χ1v) is 5.83. The van der Waals surface area contributed by atoms with Crippen molar-refractivity contribution in [2.45, 2.75) is 33.2 Å². The zero-order valence-corrected chi connectivity index (χ0v) is 10.6. The number of amides is 1. The molecule has 2 aliphatic rings. The summed E-state index contributed by atoms with van der Waals surface area (Å²) in [4.78, 5) is 15.8. The van der Waals surface area contributed by atoms with Gasteiger partial charge in [-0.3, -0.25) is 9.69 Å². The maximum Gasteiger partial charge on any atom is 0.298 e. The number of hydrogen-bond acceptors (Lipinski definition) is 2. The van der Waals surface area contributed by atoms with Crippen LogP contribution in [0.25, 0.3) is 0 Å². The van der Waals surface area contributed by atoms with Crippen molar-refractivity contribution < 1.29 is 4.79 Å². The molecule has 1 amide bonds. The molecule has 88 valence electrons. The van der Waals surface area contributed by atoms with Crippen LogP contribution in [0, 0.1) is 17.3 Å². The molecule has 0 aromatic heterocycles. The van der Waals surface area contributed by atoms with Gasteiger partial charge < -0.3 is 4.90 Å². The first-order valence-electron chi connectivity index (χ1n) is 5.83. The summed E-state index contributed by atoms with van der Waals surface area (Å²) in [6.45, 7) is 12.5. The highest BCUT2D eigenvalue weighted by Gasteiger charge is 2.54. The molecule has 2 rings (SSSR count). The molecule has 2 saturated heterocycles. The fourth-order valence-electron chi connectivity index (χ4n) is 2.53. The third kappa shape index (κ3) is 1.82. The summed E-state index contributed by atoms with van der Waals surface area (Å²) >= 11 is 0. The second-order valence-corrected chi connectivity index (χ2v) is 6.06. The fraction of sp³-hybridized carbons (Fsp3) is 0.769. The monoisotopic (exact) mass is 220 g/mol. The van der Waals surface area contributed by atoms with Gasteiger partial charge in [-0.15, -0.1) is 0 Å². The molecule has 3 heteroatoms. The topological polar surface area (TPSA) is 23.6 Å². The van der Waals surface area contributed by atoms with Gasteiger partial charge in [0.25, 0.3) is 5.91 Å². The minimum atomic E-state index is -0.0117. The van der Waals surface area contributed by atoms with Gasteiger partial charge in [0.1, 0.15) is 0 Å². The molecule has 0 aromatic rings. The lowest BCUT2D eigenvalue weighted by molar-refractivity contribution is -0.163. The Labute approximate surface area is 97.8 Å². The minimum absolute atomic E-state index is 0.0117. The van der Waals surface area contributed by atoms with Crippen molar-refractivity contribution in [2.24, 2.45) is 5.41 Å². The van der Waals surface area contributed by atoms with Crippen molar-refractivity contribution in [3.05, 3.63) is 0 Å². The molecule has 0 aromatic carbocycles. The van der Waals surface area contributed by atoms with Crippen LogP contribution < -0.4 is 0 Å². The molecule has 2 fully saturated rings. The molecule has 0 atom stereocenters. The van der Waals surface area contributed by atoms with Gasteiger partial charge in [-0.25, -0.2) is 0 Å². The van der Waals surface area contributed by atoms with E-state index in [9.17, 15) is 4.79 Å². The smallest absolute Gasteiger partial charge is 0.298 e. The van der Waals surface area contributed by atoms with Crippen LogP contribution in [0.4, 0.5) is 0 Å². The number of nitrogens with zero attached hydrogens (tertiary/aromatic N) is 2. The molecule has 2 aliphatic heterocycles. The molecule has 0 N–H and O–H groups in total. The van der Waals surface area contributed by atoms with Crippen LogP contribution in [0.15, 0.2) is 0 Å². The predicted octanol–water partition coefficient (Wildman–Crippen LogP) is 0.952. The third-order valence-electron chi connectivity index (χ3n) is 3.57. The van der Waals surface area contributed by atoms with E-state index < -0.39 is 0 Å². The molecular formula is C13H20N2O. The van der Waals surface area contributed by atoms with E-state index in [1.807, 2.05) is 4.90 Å². The van der Waals surface area contributed by atoms with E-state index in [-0.39, 0.29) is 11.4 Å². The first kappa shape index (κ1) is 11.5. The lowest BCUT2D eigenvalue weighted by Crippen LogP contribution is -2.75. The Morgan fingerprint density at radius 3 is 2.19 bits per heavy atom. The van der Waals surface area contributed by atoms with E-state index in [0.29, 0.717) is 5.41 Å². The van der Waals surface area contributed by atoms with E-state index >= 15 is 0 Å². The summed E-state index contributed by atoms with van der Waals surface area (Å²) in [5.74, 6) is 5.25. The van der Waals surface area contributed by atoms with Gasteiger partial charge in [-0.2, -0.15) is 0 Å². The van der Waals surface area contributed by atoms with Crippen molar-refractivity contribution in [3.63, 3.8) is 0 Å². The Morgan fingerprint density at radius 1 is 1.19 bits per heavy atom. The van der Waals surface area contributed by atoms with Crippen LogP contribution in [-0.2, 0) is 4.79 Å². The van der Waals surface area contributed by atoms with Crippen molar-refractivity contribution in [3.8, 4) is 11.8 Å². The normalized spacial score (nSPS) is 23.1. The van der Waals surface area contributed by atoms with Crippen molar-refractivity contribution in [1.29, 1.82) is 0 Å². The summed E-state index contributed by atoms with van der Waals surface area (Å²) in [5.41, 5.74) is 0.650. The third-order valence-corrected chi connectivity index (χ3v) is 3.57. The average molecular weight is 220 g/mol. The summed E-state index contributed by atoms with van der Waals surface area (Å²) in [6, 6.07) is 0.